The summed E-state index contributed by atoms with van der Waals surface area (Å²) in [7, 11) is 0. The fraction of sp³-hybridized carbons (Fsp3) is 0.615. The minimum atomic E-state index is -0.867. The van der Waals surface area contributed by atoms with Crippen LogP contribution in [0.4, 0.5) is 0 Å². The van der Waals surface area contributed by atoms with Gasteiger partial charge in [0.2, 0.25) is 5.91 Å². The molecule has 0 bridgehead atoms. The van der Waals surface area contributed by atoms with Gasteiger partial charge in [-0.05, 0) is 19.8 Å². The second-order valence-corrected chi connectivity index (χ2v) is 6.08. The van der Waals surface area contributed by atoms with E-state index in [-0.39, 0.29) is 18.7 Å². The van der Waals surface area contributed by atoms with Gasteiger partial charge in [0.1, 0.15) is 5.01 Å². The summed E-state index contributed by atoms with van der Waals surface area (Å²) < 4.78 is 0. The minimum absolute atomic E-state index is 0.0116. The average molecular weight is 282 g/mol. The van der Waals surface area contributed by atoms with Gasteiger partial charge in [-0.1, -0.05) is 12.8 Å². The molecule has 1 heterocycles. The molecule has 1 aliphatic rings. The summed E-state index contributed by atoms with van der Waals surface area (Å²) in [6.45, 7) is 1.78. The fourth-order valence-electron chi connectivity index (χ4n) is 2.35. The zero-order chi connectivity index (χ0) is 13.8. The molecule has 104 valence electrons. The van der Waals surface area contributed by atoms with Gasteiger partial charge in [-0.25, -0.2) is 4.98 Å². The lowest BCUT2D eigenvalue weighted by Crippen LogP contribution is -2.33. The van der Waals surface area contributed by atoms with Crippen LogP contribution in [0, 0.1) is 6.92 Å². The third-order valence-corrected chi connectivity index (χ3v) is 4.44. The molecule has 0 unspecified atom stereocenters. The van der Waals surface area contributed by atoms with E-state index < -0.39 is 5.97 Å². The predicted octanol–water partition coefficient (Wildman–Crippen LogP) is 1.68. The van der Waals surface area contributed by atoms with E-state index in [0.29, 0.717) is 11.0 Å². The number of nitrogens with zero attached hydrogens (tertiary/aromatic N) is 1. The number of carbonyl (C=O) groups excluding carboxylic acids is 1. The first-order valence-electron chi connectivity index (χ1n) is 6.51. The van der Waals surface area contributed by atoms with E-state index in [1.54, 1.807) is 6.92 Å². The number of nitrogens with one attached hydrogen (secondary N) is 1. The molecule has 0 saturated heterocycles. The third kappa shape index (κ3) is 4.02. The smallest absolute Gasteiger partial charge is 0.308 e. The number of carboxylic acids is 1. The summed E-state index contributed by atoms with van der Waals surface area (Å²) in [5.41, 5.74) is 0.719. The molecule has 1 aliphatic carbocycles. The first-order valence-corrected chi connectivity index (χ1v) is 7.32. The highest BCUT2D eigenvalue weighted by Crippen LogP contribution is 2.20. The molecule has 19 heavy (non-hydrogen) atoms. The van der Waals surface area contributed by atoms with Crippen molar-refractivity contribution in [2.45, 2.75) is 51.5 Å². The number of hydrogen-bond donors (Lipinski definition) is 2. The summed E-state index contributed by atoms with van der Waals surface area (Å²) in [4.78, 5) is 27.5. The number of carbonyl (C=O) groups is 2. The lowest BCUT2D eigenvalue weighted by Gasteiger charge is -2.10. The average Bonchev–Trinajstić information content (AvgIpc) is 2.89. The van der Waals surface area contributed by atoms with Gasteiger partial charge in [-0.15, -0.1) is 11.3 Å². The number of rotatable bonds is 5. The summed E-state index contributed by atoms with van der Waals surface area (Å²) in [6, 6.07) is 0.312. The standard InChI is InChI=1S/C13H18N2O3S/c1-8-10(6-13(17)18)19-12(14-8)7-11(16)15-9-4-2-3-5-9/h9H,2-7H2,1H3,(H,15,16)(H,17,18). The molecule has 1 fully saturated rings. The van der Waals surface area contributed by atoms with Crippen LogP contribution in [0.15, 0.2) is 0 Å². The van der Waals surface area contributed by atoms with E-state index >= 15 is 0 Å². The van der Waals surface area contributed by atoms with Gasteiger partial charge < -0.3 is 10.4 Å². The largest absolute Gasteiger partial charge is 0.481 e. The Hall–Kier alpha value is -1.43. The molecule has 1 aromatic heterocycles. The van der Waals surface area contributed by atoms with Crippen LogP contribution in [0.1, 0.15) is 41.3 Å². The normalized spacial score (nSPS) is 15.6. The molecule has 0 atom stereocenters. The number of aromatic nitrogens is 1. The van der Waals surface area contributed by atoms with Crippen molar-refractivity contribution < 1.29 is 14.7 Å². The second kappa shape index (κ2) is 6.14. The highest BCUT2D eigenvalue weighted by molar-refractivity contribution is 7.11. The molecule has 1 amide bonds. The highest BCUT2D eigenvalue weighted by atomic mass is 32.1. The molecular weight excluding hydrogens is 264 g/mol. The van der Waals surface area contributed by atoms with Crippen LogP contribution in [-0.2, 0) is 22.4 Å². The Balaban J connectivity index is 1.91. The predicted molar refractivity (Wildman–Crippen MR) is 72.3 cm³/mol. The summed E-state index contributed by atoms with van der Waals surface area (Å²) >= 11 is 1.32. The number of aliphatic carboxylic acids is 1. The third-order valence-electron chi connectivity index (χ3n) is 3.28. The SMILES string of the molecule is Cc1nc(CC(=O)NC2CCCC2)sc1CC(=O)O. The molecule has 1 saturated carbocycles. The van der Waals surface area contributed by atoms with Crippen LogP contribution in [0.5, 0.6) is 0 Å². The van der Waals surface area contributed by atoms with Crippen molar-refractivity contribution in [1.29, 1.82) is 0 Å². The van der Waals surface area contributed by atoms with Crippen molar-refractivity contribution in [2.75, 3.05) is 0 Å². The van der Waals surface area contributed by atoms with Crippen molar-refractivity contribution in [3.63, 3.8) is 0 Å². The quantitative estimate of drug-likeness (QED) is 0.861. The molecule has 0 spiro atoms. The molecule has 5 nitrogen and oxygen atoms in total. The molecule has 1 aromatic rings. The Morgan fingerprint density at radius 2 is 2.05 bits per heavy atom. The van der Waals surface area contributed by atoms with Gasteiger partial charge in [-0.2, -0.15) is 0 Å². The van der Waals surface area contributed by atoms with Crippen LogP contribution in [0.2, 0.25) is 0 Å². The molecule has 2 rings (SSSR count). The van der Waals surface area contributed by atoms with Crippen molar-refractivity contribution in [3.8, 4) is 0 Å². The maximum atomic E-state index is 11.9. The van der Waals surface area contributed by atoms with E-state index in [1.807, 2.05) is 0 Å². The second-order valence-electron chi connectivity index (χ2n) is 4.91. The zero-order valence-corrected chi connectivity index (χ0v) is 11.8. The van der Waals surface area contributed by atoms with Gasteiger partial charge in [-0.3, -0.25) is 9.59 Å². The topological polar surface area (TPSA) is 79.3 Å². The van der Waals surface area contributed by atoms with Crippen molar-refractivity contribution in [3.05, 3.63) is 15.6 Å². The number of aryl methyl sites for hydroxylation is 1. The first kappa shape index (κ1) is 14.0. The zero-order valence-electron chi connectivity index (χ0n) is 10.9. The Bertz CT molecular complexity index is 478. The van der Waals surface area contributed by atoms with E-state index in [2.05, 4.69) is 10.3 Å². The minimum Gasteiger partial charge on any atom is -0.481 e. The molecule has 0 aromatic carbocycles. The molecular formula is C13H18N2O3S. The Morgan fingerprint density at radius 1 is 1.37 bits per heavy atom. The van der Waals surface area contributed by atoms with Crippen LogP contribution < -0.4 is 5.32 Å². The number of thiazole rings is 1. The highest BCUT2D eigenvalue weighted by Gasteiger charge is 2.18. The van der Waals surface area contributed by atoms with Crippen molar-refractivity contribution in [1.82, 2.24) is 10.3 Å². The van der Waals surface area contributed by atoms with Gasteiger partial charge in [0.15, 0.2) is 0 Å². The molecule has 0 aliphatic heterocycles. The number of amides is 1. The maximum Gasteiger partial charge on any atom is 0.308 e. The summed E-state index contributed by atoms with van der Waals surface area (Å²) in [5.74, 6) is -0.878. The lowest BCUT2D eigenvalue weighted by atomic mass is 10.2. The Morgan fingerprint density at radius 3 is 2.68 bits per heavy atom. The van der Waals surface area contributed by atoms with Crippen molar-refractivity contribution in [2.24, 2.45) is 0 Å². The van der Waals surface area contributed by atoms with Crippen LogP contribution in [0.25, 0.3) is 0 Å². The molecule has 0 radical (unpaired) electrons. The maximum absolute atomic E-state index is 11.9. The van der Waals surface area contributed by atoms with E-state index in [9.17, 15) is 9.59 Å². The number of carboxylic acid groups (broad SMARTS) is 1. The van der Waals surface area contributed by atoms with Crippen LogP contribution in [0.3, 0.4) is 0 Å². The van der Waals surface area contributed by atoms with Gasteiger partial charge in [0, 0.05) is 10.9 Å². The summed E-state index contributed by atoms with van der Waals surface area (Å²) in [6.07, 6.45) is 4.73. The summed E-state index contributed by atoms with van der Waals surface area (Å²) in [5, 5.41) is 12.5. The Labute approximate surface area is 116 Å². The fourth-order valence-corrected chi connectivity index (χ4v) is 3.41. The first-order chi connectivity index (χ1) is 9.04. The van der Waals surface area contributed by atoms with E-state index in [4.69, 9.17) is 5.11 Å². The van der Waals surface area contributed by atoms with Crippen molar-refractivity contribution >= 4 is 23.2 Å². The van der Waals surface area contributed by atoms with E-state index in [0.717, 1.165) is 23.4 Å². The molecule has 6 heteroatoms. The van der Waals surface area contributed by atoms with Crippen LogP contribution in [-0.4, -0.2) is 28.0 Å². The van der Waals surface area contributed by atoms with Gasteiger partial charge in [0.05, 0.1) is 18.5 Å². The number of hydrogen-bond acceptors (Lipinski definition) is 4. The molecule has 2 N–H and O–H groups in total. The lowest BCUT2D eigenvalue weighted by molar-refractivity contribution is -0.136. The Kier molecular flexibility index (Phi) is 4.52. The monoisotopic (exact) mass is 282 g/mol. The van der Waals surface area contributed by atoms with Gasteiger partial charge >= 0.3 is 5.97 Å². The van der Waals surface area contributed by atoms with Gasteiger partial charge in [0.25, 0.3) is 0 Å². The van der Waals surface area contributed by atoms with Crippen LogP contribution >= 0.6 is 11.3 Å². The van der Waals surface area contributed by atoms with E-state index in [1.165, 1.54) is 24.2 Å².